The van der Waals surface area contributed by atoms with Crippen LogP contribution >= 0.6 is 0 Å². The van der Waals surface area contributed by atoms with E-state index in [1.807, 2.05) is 24.3 Å². The Morgan fingerprint density at radius 1 is 1.32 bits per heavy atom. The molecule has 0 aliphatic rings. The Morgan fingerprint density at radius 2 is 2.26 bits per heavy atom. The molecule has 0 spiro atoms. The molecule has 3 rings (SSSR count). The van der Waals surface area contributed by atoms with Gasteiger partial charge in [0.2, 0.25) is 6.39 Å². The number of nitrogens with zero attached hydrogens (tertiary/aromatic N) is 2. The maximum absolute atomic E-state index is 5.76. The second-order valence-corrected chi connectivity index (χ2v) is 4.04. The predicted molar refractivity (Wildman–Crippen MR) is 67.6 cm³/mol. The fraction of sp³-hybridized carbons (Fsp3) is 0.231. The van der Waals surface area contributed by atoms with Crippen molar-refractivity contribution in [2.45, 2.75) is 13.1 Å². The van der Waals surface area contributed by atoms with E-state index >= 15 is 0 Å². The molecule has 0 aliphatic heterocycles. The highest BCUT2D eigenvalue weighted by atomic mass is 16.5. The quantitative estimate of drug-likeness (QED) is 0.756. The van der Waals surface area contributed by atoms with Crippen LogP contribution in [0.3, 0.4) is 0 Å². The second-order valence-electron chi connectivity index (χ2n) is 4.04. The van der Waals surface area contributed by atoms with Crippen LogP contribution in [0.4, 0.5) is 0 Å². The topological polar surface area (TPSA) is 73.3 Å². The minimum absolute atomic E-state index is 0.532. The summed E-state index contributed by atoms with van der Waals surface area (Å²) in [5, 5.41) is 7.93. The van der Waals surface area contributed by atoms with E-state index < -0.39 is 0 Å². The molecule has 6 nitrogen and oxygen atoms in total. The van der Waals surface area contributed by atoms with Crippen LogP contribution in [0.15, 0.2) is 39.6 Å². The zero-order valence-corrected chi connectivity index (χ0v) is 10.4. The summed E-state index contributed by atoms with van der Waals surface area (Å²) in [6.07, 6.45) is 1.31. The first-order valence-electron chi connectivity index (χ1n) is 5.88. The van der Waals surface area contributed by atoms with Gasteiger partial charge in [-0.1, -0.05) is 17.3 Å². The van der Waals surface area contributed by atoms with E-state index in [9.17, 15) is 0 Å². The van der Waals surface area contributed by atoms with Gasteiger partial charge in [-0.3, -0.25) is 0 Å². The van der Waals surface area contributed by atoms with Crippen molar-refractivity contribution in [1.29, 1.82) is 0 Å². The molecule has 0 atom stereocenters. The lowest BCUT2D eigenvalue weighted by atomic mass is 10.2. The average molecular weight is 259 g/mol. The highest BCUT2D eigenvalue weighted by molar-refractivity contribution is 5.83. The standard InChI is InChI=1S/C13H13N3O3/c1-17-11-4-2-3-9-5-10(19-13(9)11)6-14-7-12-15-8-18-16-12/h2-5,8,14H,6-7H2,1H3. The van der Waals surface area contributed by atoms with E-state index in [1.54, 1.807) is 7.11 Å². The van der Waals surface area contributed by atoms with Gasteiger partial charge in [-0.05, 0) is 12.1 Å². The van der Waals surface area contributed by atoms with Crippen LogP contribution in [-0.4, -0.2) is 17.3 Å². The number of para-hydroxylation sites is 1. The van der Waals surface area contributed by atoms with Crippen LogP contribution in [0.2, 0.25) is 0 Å². The lowest BCUT2D eigenvalue weighted by molar-refractivity contribution is 0.402. The first kappa shape index (κ1) is 11.7. The number of furan rings is 1. The molecule has 0 bridgehead atoms. The van der Waals surface area contributed by atoms with Crippen molar-refractivity contribution in [3.8, 4) is 5.75 Å². The smallest absolute Gasteiger partial charge is 0.213 e. The summed E-state index contributed by atoms with van der Waals surface area (Å²) in [5.74, 6) is 2.19. The third kappa shape index (κ3) is 2.43. The molecule has 0 amide bonds. The Morgan fingerprint density at radius 3 is 3.05 bits per heavy atom. The fourth-order valence-electron chi connectivity index (χ4n) is 1.91. The molecule has 0 saturated heterocycles. The highest BCUT2D eigenvalue weighted by Gasteiger charge is 2.08. The van der Waals surface area contributed by atoms with Crippen LogP contribution in [0.25, 0.3) is 11.0 Å². The Labute approximate surface area is 109 Å². The lowest BCUT2D eigenvalue weighted by Crippen LogP contribution is -2.13. The summed E-state index contributed by atoms with van der Waals surface area (Å²) in [5.41, 5.74) is 0.765. The van der Waals surface area contributed by atoms with Crippen molar-refractivity contribution in [3.63, 3.8) is 0 Å². The average Bonchev–Trinajstić information content (AvgIpc) is 3.06. The monoisotopic (exact) mass is 259 g/mol. The van der Waals surface area contributed by atoms with Gasteiger partial charge in [-0.25, -0.2) is 0 Å². The van der Waals surface area contributed by atoms with Crippen LogP contribution in [0.1, 0.15) is 11.6 Å². The van der Waals surface area contributed by atoms with E-state index in [0.29, 0.717) is 18.9 Å². The van der Waals surface area contributed by atoms with Gasteiger partial charge in [-0.2, -0.15) is 4.98 Å². The number of hydrogen-bond acceptors (Lipinski definition) is 6. The molecule has 1 aromatic carbocycles. The molecular formula is C13H13N3O3. The van der Waals surface area contributed by atoms with Crippen molar-refractivity contribution in [2.24, 2.45) is 0 Å². The molecule has 2 aromatic heterocycles. The van der Waals surface area contributed by atoms with Crippen LogP contribution < -0.4 is 10.1 Å². The first-order valence-corrected chi connectivity index (χ1v) is 5.88. The molecule has 0 fully saturated rings. The number of aromatic nitrogens is 2. The Bertz CT molecular complexity index is 661. The molecule has 0 unspecified atom stereocenters. The molecular weight excluding hydrogens is 246 g/mol. The van der Waals surface area contributed by atoms with E-state index in [-0.39, 0.29) is 0 Å². The van der Waals surface area contributed by atoms with Crippen LogP contribution in [0.5, 0.6) is 5.75 Å². The Balaban J connectivity index is 1.71. The molecule has 0 saturated carbocycles. The largest absolute Gasteiger partial charge is 0.493 e. The highest BCUT2D eigenvalue weighted by Crippen LogP contribution is 2.28. The van der Waals surface area contributed by atoms with Gasteiger partial charge in [0.25, 0.3) is 0 Å². The van der Waals surface area contributed by atoms with Gasteiger partial charge >= 0.3 is 0 Å². The number of nitrogens with one attached hydrogen (secondary N) is 1. The number of rotatable bonds is 5. The van der Waals surface area contributed by atoms with Gasteiger partial charge in [0, 0.05) is 5.39 Å². The van der Waals surface area contributed by atoms with Gasteiger partial charge < -0.3 is 19.0 Å². The number of methoxy groups -OCH3 is 1. The number of benzene rings is 1. The summed E-state index contributed by atoms with van der Waals surface area (Å²) >= 11 is 0. The fourth-order valence-corrected chi connectivity index (χ4v) is 1.91. The molecule has 1 N–H and O–H groups in total. The van der Waals surface area contributed by atoms with Crippen molar-refractivity contribution in [1.82, 2.24) is 15.5 Å². The molecule has 3 aromatic rings. The summed E-state index contributed by atoms with van der Waals surface area (Å²) in [6.45, 7) is 1.12. The van der Waals surface area contributed by atoms with Crippen molar-refractivity contribution in [3.05, 3.63) is 42.2 Å². The number of ether oxygens (including phenoxy) is 1. The van der Waals surface area contributed by atoms with E-state index in [2.05, 4.69) is 20.0 Å². The second kappa shape index (κ2) is 5.11. The van der Waals surface area contributed by atoms with Crippen LogP contribution in [-0.2, 0) is 13.1 Å². The number of hydrogen-bond donors (Lipinski definition) is 1. The molecule has 2 heterocycles. The first-order chi connectivity index (χ1) is 9.36. The van der Waals surface area contributed by atoms with Crippen molar-refractivity contribution < 1.29 is 13.7 Å². The normalized spacial score (nSPS) is 11.0. The van der Waals surface area contributed by atoms with Gasteiger partial charge in [0.1, 0.15) is 5.76 Å². The lowest BCUT2D eigenvalue weighted by Gasteiger charge is -1.99. The summed E-state index contributed by atoms with van der Waals surface area (Å²) < 4.78 is 15.7. The van der Waals surface area contributed by atoms with E-state index in [4.69, 9.17) is 9.15 Å². The molecule has 98 valence electrons. The Hall–Kier alpha value is -2.34. The summed E-state index contributed by atoms with van der Waals surface area (Å²) in [7, 11) is 1.63. The van der Waals surface area contributed by atoms with E-state index in [1.165, 1.54) is 6.39 Å². The van der Waals surface area contributed by atoms with Gasteiger partial charge in [0.05, 0.1) is 20.2 Å². The minimum Gasteiger partial charge on any atom is -0.493 e. The molecule has 0 aliphatic carbocycles. The molecule has 19 heavy (non-hydrogen) atoms. The molecule has 0 radical (unpaired) electrons. The SMILES string of the molecule is COc1cccc2cc(CNCc3ncon3)oc12. The maximum atomic E-state index is 5.76. The van der Waals surface area contributed by atoms with E-state index in [0.717, 1.165) is 22.5 Å². The van der Waals surface area contributed by atoms with Gasteiger partial charge in [0.15, 0.2) is 17.2 Å². The zero-order chi connectivity index (χ0) is 13.1. The summed E-state index contributed by atoms with van der Waals surface area (Å²) in [4.78, 5) is 3.93. The molecule has 6 heteroatoms. The van der Waals surface area contributed by atoms with Gasteiger partial charge in [-0.15, -0.1) is 0 Å². The summed E-state index contributed by atoms with van der Waals surface area (Å²) in [6, 6.07) is 7.79. The Kier molecular flexibility index (Phi) is 3.16. The predicted octanol–water partition coefficient (Wildman–Crippen LogP) is 2.11. The third-order valence-corrected chi connectivity index (χ3v) is 2.77. The maximum Gasteiger partial charge on any atom is 0.213 e. The van der Waals surface area contributed by atoms with Crippen molar-refractivity contribution >= 4 is 11.0 Å². The van der Waals surface area contributed by atoms with Crippen LogP contribution in [0, 0.1) is 0 Å². The third-order valence-electron chi connectivity index (χ3n) is 2.77. The van der Waals surface area contributed by atoms with Crippen molar-refractivity contribution in [2.75, 3.05) is 7.11 Å². The minimum atomic E-state index is 0.532. The zero-order valence-electron chi connectivity index (χ0n) is 10.4. The number of fused-ring (bicyclic) bond motifs is 1.